The first-order valence-electron chi connectivity index (χ1n) is 11.1. The van der Waals surface area contributed by atoms with Crippen LogP contribution in [0.25, 0.3) is 0 Å². The lowest BCUT2D eigenvalue weighted by Crippen LogP contribution is -2.49. The van der Waals surface area contributed by atoms with E-state index in [-0.39, 0.29) is 17.9 Å². The summed E-state index contributed by atoms with van der Waals surface area (Å²) in [5.74, 6) is 0.305. The SMILES string of the molecule is CC[C@H](C)NC(=O)[C@@H](C)N(Cc1cccc(Cl)c1)C(=O)CCc1ccc(C(C)C)cc1. The molecule has 0 aromatic heterocycles. The molecule has 2 rings (SSSR count). The maximum absolute atomic E-state index is 13.2. The van der Waals surface area contributed by atoms with Gasteiger partial charge < -0.3 is 10.2 Å². The van der Waals surface area contributed by atoms with Crippen LogP contribution in [0.4, 0.5) is 0 Å². The highest BCUT2D eigenvalue weighted by molar-refractivity contribution is 6.30. The van der Waals surface area contributed by atoms with Crippen molar-refractivity contribution >= 4 is 23.4 Å². The Morgan fingerprint density at radius 1 is 1.00 bits per heavy atom. The van der Waals surface area contributed by atoms with Gasteiger partial charge in [0.1, 0.15) is 6.04 Å². The van der Waals surface area contributed by atoms with E-state index in [1.54, 1.807) is 17.9 Å². The van der Waals surface area contributed by atoms with E-state index in [9.17, 15) is 9.59 Å². The van der Waals surface area contributed by atoms with Gasteiger partial charge in [-0.15, -0.1) is 0 Å². The number of hydrogen-bond acceptors (Lipinski definition) is 2. The molecular formula is C26H35ClN2O2. The summed E-state index contributed by atoms with van der Waals surface area (Å²) in [7, 11) is 0. The number of nitrogens with one attached hydrogen (secondary N) is 1. The molecule has 4 nitrogen and oxygen atoms in total. The fourth-order valence-electron chi connectivity index (χ4n) is 3.34. The number of carbonyl (C=O) groups is 2. The third kappa shape index (κ3) is 7.70. The molecule has 0 saturated heterocycles. The zero-order valence-electron chi connectivity index (χ0n) is 19.3. The first-order valence-corrected chi connectivity index (χ1v) is 11.5. The summed E-state index contributed by atoms with van der Waals surface area (Å²) in [5, 5.41) is 3.61. The van der Waals surface area contributed by atoms with Gasteiger partial charge in [0.05, 0.1) is 0 Å². The van der Waals surface area contributed by atoms with Crippen molar-refractivity contribution in [3.05, 3.63) is 70.2 Å². The van der Waals surface area contributed by atoms with Crippen LogP contribution < -0.4 is 5.32 Å². The van der Waals surface area contributed by atoms with E-state index in [1.807, 2.05) is 32.0 Å². The normalized spacial score (nSPS) is 13.0. The van der Waals surface area contributed by atoms with Crippen LogP contribution in [0.2, 0.25) is 5.02 Å². The van der Waals surface area contributed by atoms with E-state index < -0.39 is 6.04 Å². The van der Waals surface area contributed by atoms with Crippen LogP contribution in [0.5, 0.6) is 0 Å². The van der Waals surface area contributed by atoms with Crippen LogP contribution in [-0.2, 0) is 22.6 Å². The summed E-state index contributed by atoms with van der Waals surface area (Å²) in [4.78, 5) is 27.6. The number of hydrogen-bond donors (Lipinski definition) is 1. The van der Waals surface area contributed by atoms with Gasteiger partial charge in [-0.1, -0.05) is 68.8 Å². The molecule has 0 aliphatic rings. The molecule has 2 amide bonds. The number of aryl methyl sites for hydroxylation is 1. The van der Waals surface area contributed by atoms with E-state index >= 15 is 0 Å². The van der Waals surface area contributed by atoms with Crippen LogP contribution in [0.1, 0.15) is 70.1 Å². The fraction of sp³-hybridized carbons (Fsp3) is 0.462. The molecule has 0 unspecified atom stereocenters. The Bertz CT molecular complexity index is 864. The Balaban J connectivity index is 2.13. The molecule has 0 heterocycles. The van der Waals surface area contributed by atoms with Crippen molar-refractivity contribution in [1.82, 2.24) is 10.2 Å². The molecule has 2 aromatic carbocycles. The second kappa shape index (κ2) is 11.9. The molecule has 0 saturated carbocycles. The van der Waals surface area contributed by atoms with Crippen molar-refractivity contribution in [2.24, 2.45) is 0 Å². The molecule has 168 valence electrons. The van der Waals surface area contributed by atoms with Crippen molar-refractivity contribution in [1.29, 1.82) is 0 Å². The van der Waals surface area contributed by atoms with Gasteiger partial charge >= 0.3 is 0 Å². The highest BCUT2D eigenvalue weighted by atomic mass is 35.5. The minimum Gasteiger partial charge on any atom is -0.352 e. The van der Waals surface area contributed by atoms with Gasteiger partial charge in [-0.2, -0.15) is 0 Å². The Morgan fingerprint density at radius 3 is 2.26 bits per heavy atom. The molecule has 0 aliphatic heterocycles. The number of amides is 2. The number of nitrogens with zero attached hydrogens (tertiary/aromatic N) is 1. The van der Waals surface area contributed by atoms with Crippen LogP contribution in [0, 0.1) is 0 Å². The highest BCUT2D eigenvalue weighted by Crippen LogP contribution is 2.18. The summed E-state index contributed by atoms with van der Waals surface area (Å²) in [6.07, 6.45) is 1.83. The first-order chi connectivity index (χ1) is 14.7. The monoisotopic (exact) mass is 442 g/mol. The standard InChI is InChI=1S/C26H35ClN2O2/c1-6-19(4)28-26(31)20(5)29(17-22-8-7-9-24(27)16-22)25(30)15-12-21-10-13-23(14-11-21)18(2)3/h7-11,13-14,16,18-20H,6,12,15,17H2,1-5H3,(H,28,31)/t19-,20+/m0/s1. The molecule has 0 radical (unpaired) electrons. The summed E-state index contributed by atoms with van der Waals surface area (Å²) < 4.78 is 0. The minimum atomic E-state index is -0.566. The second-order valence-corrected chi connectivity index (χ2v) is 8.98. The van der Waals surface area contributed by atoms with Crippen molar-refractivity contribution in [2.75, 3.05) is 0 Å². The van der Waals surface area contributed by atoms with E-state index in [0.717, 1.165) is 17.5 Å². The lowest BCUT2D eigenvalue weighted by atomic mass is 10.00. The summed E-state index contributed by atoms with van der Waals surface area (Å²) in [5.41, 5.74) is 3.32. The largest absolute Gasteiger partial charge is 0.352 e. The van der Waals surface area contributed by atoms with E-state index in [1.165, 1.54) is 5.56 Å². The fourth-order valence-corrected chi connectivity index (χ4v) is 3.56. The topological polar surface area (TPSA) is 49.4 Å². The van der Waals surface area contributed by atoms with Gasteiger partial charge in [0, 0.05) is 24.0 Å². The van der Waals surface area contributed by atoms with Crippen molar-refractivity contribution in [2.45, 2.75) is 78.4 Å². The molecule has 31 heavy (non-hydrogen) atoms. The van der Waals surface area contributed by atoms with Crippen LogP contribution >= 0.6 is 11.6 Å². The third-order valence-corrected chi connectivity index (χ3v) is 5.92. The molecule has 1 N–H and O–H groups in total. The minimum absolute atomic E-state index is 0.0419. The van der Waals surface area contributed by atoms with Crippen LogP contribution in [0.3, 0.4) is 0 Å². The Kier molecular flexibility index (Phi) is 9.57. The smallest absolute Gasteiger partial charge is 0.242 e. The van der Waals surface area contributed by atoms with Gasteiger partial charge in [-0.05, 0) is 61.4 Å². The van der Waals surface area contributed by atoms with Gasteiger partial charge in [-0.3, -0.25) is 9.59 Å². The molecule has 2 aromatic rings. The predicted octanol–water partition coefficient (Wildman–Crippen LogP) is 5.73. The molecule has 0 fully saturated rings. The second-order valence-electron chi connectivity index (χ2n) is 8.54. The van der Waals surface area contributed by atoms with Gasteiger partial charge in [-0.25, -0.2) is 0 Å². The molecular weight excluding hydrogens is 408 g/mol. The molecule has 0 bridgehead atoms. The third-order valence-electron chi connectivity index (χ3n) is 5.68. The Hall–Kier alpha value is -2.33. The number of benzene rings is 2. The summed E-state index contributed by atoms with van der Waals surface area (Å²) in [6.45, 7) is 10.5. The van der Waals surface area contributed by atoms with E-state index in [4.69, 9.17) is 11.6 Å². The Morgan fingerprint density at radius 2 is 1.68 bits per heavy atom. The quantitative estimate of drug-likeness (QED) is 0.510. The molecule has 0 aliphatic carbocycles. The molecule has 0 spiro atoms. The zero-order valence-corrected chi connectivity index (χ0v) is 20.1. The maximum Gasteiger partial charge on any atom is 0.242 e. The summed E-state index contributed by atoms with van der Waals surface area (Å²) in [6, 6.07) is 15.3. The van der Waals surface area contributed by atoms with Gasteiger partial charge in [0.15, 0.2) is 0 Å². The lowest BCUT2D eigenvalue weighted by molar-refractivity contribution is -0.140. The molecule has 5 heteroatoms. The van der Waals surface area contributed by atoms with Crippen molar-refractivity contribution in [3.8, 4) is 0 Å². The van der Waals surface area contributed by atoms with E-state index in [2.05, 4.69) is 43.4 Å². The molecule has 2 atom stereocenters. The number of carbonyl (C=O) groups excluding carboxylic acids is 2. The average Bonchev–Trinajstić information content (AvgIpc) is 2.75. The first kappa shape index (κ1) is 24.9. The highest BCUT2D eigenvalue weighted by Gasteiger charge is 2.26. The predicted molar refractivity (Wildman–Crippen MR) is 128 cm³/mol. The number of halogens is 1. The Labute approximate surface area is 192 Å². The van der Waals surface area contributed by atoms with Crippen molar-refractivity contribution in [3.63, 3.8) is 0 Å². The number of rotatable bonds is 10. The van der Waals surface area contributed by atoms with Gasteiger partial charge in [0.2, 0.25) is 11.8 Å². The van der Waals surface area contributed by atoms with Crippen LogP contribution in [0.15, 0.2) is 48.5 Å². The summed E-state index contributed by atoms with van der Waals surface area (Å²) >= 11 is 6.13. The van der Waals surface area contributed by atoms with Crippen molar-refractivity contribution < 1.29 is 9.59 Å². The van der Waals surface area contributed by atoms with E-state index in [0.29, 0.717) is 30.3 Å². The maximum atomic E-state index is 13.2. The van der Waals surface area contributed by atoms with Crippen LogP contribution in [-0.4, -0.2) is 28.8 Å². The zero-order chi connectivity index (χ0) is 23.0. The average molecular weight is 443 g/mol. The van der Waals surface area contributed by atoms with Gasteiger partial charge in [0.25, 0.3) is 0 Å². The lowest BCUT2D eigenvalue weighted by Gasteiger charge is -2.30.